The van der Waals surface area contributed by atoms with Gasteiger partial charge in [-0.05, 0) is 20.4 Å². The van der Waals surface area contributed by atoms with Gasteiger partial charge >= 0.3 is 0 Å². The van der Waals surface area contributed by atoms with Crippen LogP contribution < -0.4 is 5.32 Å². The number of nitrogens with zero attached hydrogens (tertiary/aromatic N) is 3. The van der Waals surface area contributed by atoms with Crippen molar-refractivity contribution in [3.63, 3.8) is 0 Å². The third kappa shape index (κ3) is 2.97. The van der Waals surface area contributed by atoms with Crippen molar-refractivity contribution in [3.05, 3.63) is 34.3 Å². The summed E-state index contributed by atoms with van der Waals surface area (Å²) in [6.45, 7) is 8.19. The molecule has 0 aromatic carbocycles. The van der Waals surface area contributed by atoms with Crippen LogP contribution >= 0.6 is 11.3 Å². The quantitative estimate of drug-likeness (QED) is 0.872. The predicted octanol–water partition coefficient (Wildman–Crippen LogP) is 2.56. The summed E-state index contributed by atoms with van der Waals surface area (Å²) >= 11 is 1.73. The van der Waals surface area contributed by atoms with Crippen LogP contribution in [0.3, 0.4) is 0 Å². The molecule has 2 aromatic rings. The van der Waals surface area contributed by atoms with E-state index in [9.17, 15) is 0 Å². The highest BCUT2D eigenvalue weighted by Gasteiger charge is 2.17. The van der Waals surface area contributed by atoms with Gasteiger partial charge in [0.05, 0.1) is 11.0 Å². The van der Waals surface area contributed by atoms with Crippen LogP contribution in [0.25, 0.3) is 0 Å². The van der Waals surface area contributed by atoms with E-state index in [0.29, 0.717) is 0 Å². The van der Waals surface area contributed by atoms with E-state index in [4.69, 9.17) is 0 Å². The summed E-state index contributed by atoms with van der Waals surface area (Å²) in [4.78, 5) is 9.03. The molecule has 18 heavy (non-hydrogen) atoms. The normalized spacial score (nSPS) is 12.8. The molecular formula is C13H20N4S. The monoisotopic (exact) mass is 264 g/mol. The number of aromatic nitrogens is 3. The maximum atomic E-state index is 4.54. The van der Waals surface area contributed by atoms with Crippen molar-refractivity contribution in [2.45, 2.75) is 39.8 Å². The summed E-state index contributed by atoms with van der Waals surface area (Å²) in [5, 5.41) is 6.77. The van der Waals surface area contributed by atoms with E-state index in [0.717, 1.165) is 31.0 Å². The number of hydrogen-bond acceptors (Lipinski definition) is 4. The Hall–Kier alpha value is -1.20. The van der Waals surface area contributed by atoms with E-state index in [-0.39, 0.29) is 6.04 Å². The molecule has 0 bridgehead atoms. The number of likely N-dealkylation sites (N-methyl/N-ethyl adjacent to an activating group) is 1. The first-order valence-corrected chi connectivity index (χ1v) is 7.28. The van der Waals surface area contributed by atoms with Crippen LogP contribution in [0.1, 0.15) is 36.4 Å². The molecule has 2 heterocycles. The molecule has 0 saturated carbocycles. The Morgan fingerprint density at radius 1 is 1.44 bits per heavy atom. The van der Waals surface area contributed by atoms with Crippen molar-refractivity contribution in [1.29, 1.82) is 0 Å². The standard InChI is InChI=1S/C13H20N4S/c1-4-14-11(8-12-16-10(3)9-18-12)13-15-6-7-17(13)5-2/h6-7,9,11,14H,4-5,8H2,1-3H3. The lowest BCUT2D eigenvalue weighted by atomic mass is 10.2. The molecule has 1 atom stereocenters. The zero-order valence-corrected chi connectivity index (χ0v) is 12.0. The molecule has 0 fully saturated rings. The van der Waals surface area contributed by atoms with Crippen molar-refractivity contribution in [2.24, 2.45) is 0 Å². The van der Waals surface area contributed by atoms with Crippen molar-refractivity contribution in [3.8, 4) is 0 Å². The third-order valence-corrected chi connectivity index (χ3v) is 3.88. The van der Waals surface area contributed by atoms with Gasteiger partial charge in [0.15, 0.2) is 0 Å². The molecule has 0 aliphatic heterocycles. The molecule has 2 aromatic heterocycles. The van der Waals surface area contributed by atoms with Gasteiger partial charge in [0, 0.05) is 36.4 Å². The van der Waals surface area contributed by atoms with Gasteiger partial charge in [-0.3, -0.25) is 0 Å². The molecule has 0 spiro atoms. The van der Waals surface area contributed by atoms with E-state index in [2.05, 4.69) is 39.1 Å². The second-order valence-electron chi connectivity index (χ2n) is 4.27. The van der Waals surface area contributed by atoms with Crippen molar-refractivity contribution < 1.29 is 0 Å². The van der Waals surface area contributed by atoms with Crippen LogP contribution in [0.5, 0.6) is 0 Å². The molecule has 2 rings (SSSR count). The fourth-order valence-corrected chi connectivity index (χ4v) is 2.89. The first-order valence-electron chi connectivity index (χ1n) is 6.40. The molecule has 0 aliphatic rings. The fourth-order valence-electron chi connectivity index (χ4n) is 2.07. The summed E-state index contributed by atoms with van der Waals surface area (Å²) < 4.78 is 2.19. The average molecular weight is 264 g/mol. The van der Waals surface area contributed by atoms with Gasteiger partial charge in [0.25, 0.3) is 0 Å². The van der Waals surface area contributed by atoms with E-state index >= 15 is 0 Å². The summed E-state index contributed by atoms with van der Waals surface area (Å²) in [6, 6.07) is 0.246. The second kappa shape index (κ2) is 6.11. The van der Waals surface area contributed by atoms with Crippen molar-refractivity contribution in [1.82, 2.24) is 19.9 Å². The number of imidazole rings is 1. The number of nitrogens with one attached hydrogen (secondary N) is 1. The smallest absolute Gasteiger partial charge is 0.126 e. The summed E-state index contributed by atoms with van der Waals surface area (Å²) in [5.41, 5.74) is 1.10. The van der Waals surface area contributed by atoms with E-state index in [1.807, 2.05) is 19.3 Å². The minimum absolute atomic E-state index is 0.246. The van der Waals surface area contributed by atoms with Crippen molar-refractivity contribution >= 4 is 11.3 Å². The number of hydrogen-bond donors (Lipinski definition) is 1. The molecule has 4 nitrogen and oxygen atoms in total. The SMILES string of the molecule is CCNC(Cc1nc(C)cs1)c1nccn1CC. The zero-order chi connectivity index (χ0) is 13.0. The van der Waals surface area contributed by atoms with E-state index < -0.39 is 0 Å². The molecular weight excluding hydrogens is 244 g/mol. The molecule has 1 unspecified atom stereocenters. The topological polar surface area (TPSA) is 42.7 Å². The number of thiazole rings is 1. The second-order valence-corrected chi connectivity index (χ2v) is 5.21. The highest BCUT2D eigenvalue weighted by molar-refractivity contribution is 7.09. The van der Waals surface area contributed by atoms with Crippen LogP contribution in [0.4, 0.5) is 0 Å². The van der Waals surface area contributed by atoms with Crippen LogP contribution in [0.15, 0.2) is 17.8 Å². The third-order valence-electron chi connectivity index (χ3n) is 2.90. The Labute approximate surface area is 112 Å². The highest BCUT2D eigenvalue weighted by Crippen LogP contribution is 2.19. The lowest BCUT2D eigenvalue weighted by Gasteiger charge is -2.17. The lowest BCUT2D eigenvalue weighted by molar-refractivity contribution is 0.494. The zero-order valence-electron chi connectivity index (χ0n) is 11.2. The van der Waals surface area contributed by atoms with E-state index in [1.54, 1.807) is 11.3 Å². The first kappa shape index (κ1) is 13.2. The summed E-state index contributed by atoms with van der Waals surface area (Å²) in [5.74, 6) is 1.10. The Balaban J connectivity index is 2.17. The maximum absolute atomic E-state index is 4.54. The molecule has 98 valence electrons. The van der Waals surface area contributed by atoms with Gasteiger partial charge < -0.3 is 9.88 Å². The Kier molecular flexibility index (Phi) is 4.49. The average Bonchev–Trinajstić information content (AvgIpc) is 2.97. The maximum Gasteiger partial charge on any atom is 0.126 e. The summed E-state index contributed by atoms with van der Waals surface area (Å²) in [6.07, 6.45) is 4.81. The molecule has 0 saturated heterocycles. The van der Waals surface area contributed by atoms with Gasteiger partial charge in [0.1, 0.15) is 5.82 Å². The Morgan fingerprint density at radius 3 is 2.89 bits per heavy atom. The van der Waals surface area contributed by atoms with E-state index in [1.165, 1.54) is 5.01 Å². The number of rotatable bonds is 6. The molecule has 1 N–H and O–H groups in total. The van der Waals surface area contributed by atoms with Crippen LogP contribution in [0, 0.1) is 6.92 Å². The highest BCUT2D eigenvalue weighted by atomic mass is 32.1. The first-order chi connectivity index (χ1) is 8.74. The summed E-state index contributed by atoms with van der Waals surface area (Å²) in [7, 11) is 0. The lowest BCUT2D eigenvalue weighted by Crippen LogP contribution is -2.26. The van der Waals surface area contributed by atoms with Crippen molar-refractivity contribution in [2.75, 3.05) is 6.54 Å². The molecule has 5 heteroatoms. The molecule has 0 aliphatic carbocycles. The molecule has 0 radical (unpaired) electrons. The van der Waals surface area contributed by atoms with Gasteiger partial charge in [-0.15, -0.1) is 11.3 Å². The number of aryl methyl sites for hydroxylation is 2. The fraction of sp³-hybridized carbons (Fsp3) is 0.538. The van der Waals surface area contributed by atoms with Gasteiger partial charge in [-0.25, -0.2) is 9.97 Å². The van der Waals surface area contributed by atoms with Crippen LogP contribution in [-0.2, 0) is 13.0 Å². The Morgan fingerprint density at radius 2 is 2.28 bits per heavy atom. The van der Waals surface area contributed by atoms with Crippen LogP contribution in [-0.4, -0.2) is 21.1 Å². The largest absolute Gasteiger partial charge is 0.334 e. The minimum atomic E-state index is 0.246. The predicted molar refractivity (Wildman–Crippen MR) is 74.9 cm³/mol. The Bertz CT molecular complexity index is 489. The van der Waals surface area contributed by atoms with Gasteiger partial charge in [-0.2, -0.15) is 0 Å². The van der Waals surface area contributed by atoms with Crippen LogP contribution in [0.2, 0.25) is 0 Å². The minimum Gasteiger partial charge on any atom is -0.334 e. The van der Waals surface area contributed by atoms with Gasteiger partial charge in [0.2, 0.25) is 0 Å². The van der Waals surface area contributed by atoms with Gasteiger partial charge in [-0.1, -0.05) is 6.92 Å². The molecule has 0 amide bonds.